The fourth-order valence-electron chi connectivity index (χ4n) is 1.02. The lowest BCUT2D eigenvalue weighted by molar-refractivity contribution is 0.100. The number of nitrogens with two attached hydrogens (primary N) is 1. The Labute approximate surface area is 82.7 Å². The van der Waals surface area contributed by atoms with Crippen molar-refractivity contribution < 1.29 is 13.2 Å². The van der Waals surface area contributed by atoms with Crippen molar-refractivity contribution in [1.82, 2.24) is 0 Å². The number of hydrogen-bond acceptors (Lipinski definition) is 3. The van der Waals surface area contributed by atoms with E-state index in [2.05, 4.69) is 6.26 Å². The summed E-state index contributed by atoms with van der Waals surface area (Å²) in [5.74, 6) is -0.666. The van der Waals surface area contributed by atoms with Crippen molar-refractivity contribution in [3.63, 3.8) is 0 Å². The molecule has 0 unspecified atom stereocenters. The molecule has 1 radical (unpaired) electrons. The summed E-state index contributed by atoms with van der Waals surface area (Å²) in [6, 6.07) is 6.07. The lowest BCUT2D eigenvalue weighted by Gasteiger charge is -1.99. The Kier molecular flexibility index (Phi) is 2.90. The maximum atomic E-state index is 10.8. The van der Waals surface area contributed by atoms with Crippen LogP contribution in [0.4, 0.5) is 0 Å². The number of amides is 1. The normalized spacial score (nSPS) is 11.2. The quantitative estimate of drug-likeness (QED) is 0.792. The van der Waals surface area contributed by atoms with Gasteiger partial charge in [0.05, 0.1) is 12.0 Å². The molecule has 1 aromatic carbocycles. The van der Waals surface area contributed by atoms with Crippen LogP contribution in [0.25, 0.3) is 0 Å². The Bertz CT molecular complexity index is 434. The molecule has 0 atom stereocenters. The zero-order valence-corrected chi connectivity index (χ0v) is 8.25. The van der Waals surface area contributed by atoms with E-state index in [-0.39, 0.29) is 5.75 Å². The van der Waals surface area contributed by atoms with E-state index in [1.807, 2.05) is 0 Å². The third-order valence-corrected chi connectivity index (χ3v) is 2.40. The van der Waals surface area contributed by atoms with Crippen LogP contribution >= 0.6 is 0 Å². The van der Waals surface area contributed by atoms with Crippen LogP contribution in [-0.4, -0.2) is 14.3 Å². The number of carbonyl (C=O) groups excluding carboxylic acids is 1. The Hall–Kier alpha value is -1.36. The molecular formula is C9H10NO3S. The van der Waals surface area contributed by atoms with Crippen molar-refractivity contribution >= 4 is 15.7 Å². The first-order valence-corrected chi connectivity index (χ1v) is 5.65. The molecule has 0 spiro atoms. The number of carbonyl (C=O) groups is 1. The van der Waals surface area contributed by atoms with Crippen LogP contribution in [0, 0.1) is 6.26 Å². The lowest BCUT2D eigenvalue weighted by Crippen LogP contribution is -2.10. The Morgan fingerprint density at radius 2 is 1.79 bits per heavy atom. The molecular weight excluding hydrogens is 202 g/mol. The third kappa shape index (κ3) is 3.18. The minimum atomic E-state index is -3.28. The molecule has 0 saturated heterocycles. The minimum absolute atomic E-state index is 0.133. The summed E-state index contributed by atoms with van der Waals surface area (Å²) >= 11 is 0. The summed E-state index contributed by atoms with van der Waals surface area (Å²) in [7, 11) is -3.28. The highest BCUT2D eigenvalue weighted by atomic mass is 32.2. The number of hydrogen-bond donors (Lipinski definition) is 1. The molecule has 0 aliphatic heterocycles. The molecule has 0 heterocycles. The van der Waals surface area contributed by atoms with Gasteiger partial charge in [-0.15, -0.1) is 0 Å². The van der Waals surface area contributed by atoms with Gasteiger partial charge in [-0.3, -0.25) is 4.79 Å². The van der Waals surface area contributed by atoms with Gasteiger partial charge < -0.3 is 5.73 Å². The predicted molar refractivity (Wildman–Crippen MR) is 52.9 cm³/mol. The van der Waals surface area contributed by atoms with Crippen molar-refractivity contribution in [2.24, 2.45) is 5.73 Å². The summed E-state index contributed by atoms with van der Waals surface area (Å²) in [5, 5.41) is 0. The zero-order valence-electron chi connectivity index (χ0n) is 7.43. The maximum Gasteiger partial charge on any atom is 0.248 e. The Morgan fingerprint density at radius 3 is 2.14 bits per heavy atom. The van der Waals surface area contributed by atoms with Gasteiger partial charge in [0.25, 0.3) is 0 Å². The number of benzene rings is 1. The molecule has 0 fully saturated rings. The van der Waals surface area contributed by atoms with E-state index in [0.29, 0.717) is 11.1 Å². The largest absolute Gasteiger partial charge is 0.366 e. The molecule has 0 aliphatic rings. The molecule has 0 saturated carbocycles. The molecule has 14 heavy (non-hydrogen) atoms. The second-order valence-electron chi connectivity index (χ2n) is 2.95. The van der Waals surface area contributed by atoms with Gasteiger partial charge in [0.15, 0.2) is 9.84 Å². The maximum absolute atomic E-state index is 10.8. The molecule has 2 N–H and O–H groups in total. The first-order valence-electron chi connectivity index (χ1n) is 3.83. The monoisotopic (exact) mass is 212 g/mol. The van der Waals surface area contributed by atoms with Gasteiger partial charge in [-0.25, -0.2) is 8.42 Å². The van der Waals surface area contributed by atoms with Gasteiger partial charge in [-0.05, 0) is 17.7 Å². The second kappa shape index (κ2) is 3.79. The van der Waals surface area contributed by atoms with Gasteiger partial charge in [-0.1, -0.05) is 12.1 Å². The van der Waals surface area contributed by atoms with Gasteiger partial charge in [0, 0.05) is 5.56 Å². The summed E-state index contributed by atoms with van der Waals surface area (Å²) in [6.45, 7) is 0. The van der Waals surface area contributed by atoms with Crippen LogP contribution in [0.1, 0.15) is 15.9 Å². The molecule has 75 valence electrons. The van der Waals surface area contributed by atoms with Crippen LogP contribution in [0.5, 0.6) is 0 Å². The number of primary amides is 1. The second-order valence-corrected chi connectivity index (χ2v) is 4.72. The van der Waals surface area contributed by atoms with Crippen molar-refractivity contribution in [2.45, 2.75) is 5.75 Å². The summed E-state index contributed by atoms with van der Waals surface area (Å²) in [4.78, 5) is 10.7. The van der Waals surface area contributed by atoms with Gasteiger partial charge in [0.1, 0.15) is 0 Å². The standard InChI is InChI=1S/C9H10NO3S/c1-14(12,13)6-7-2-4-8(5-3-7)9(10)11/h2-5H,1,6H2,(H2,10,11). The van der Waals surface area contributed by atoms with Gasteiger partial charge in [0.2, 0.25) is 5.91 Å². The lowest BCUT2D eigenvalue weighted by atomic mass is 10.1. The van der Waals surface area contributed by atoms with Crippen LogP contribution in [-0.2, 0) is 15.6 Å². The van der Waals surface area contributed by atoms with Crippen molar-refractivity contribution in [3.8, 4) is 0 Å². The molecule has 5 heteroatoms. The highest BCUT2D eigenvalue weighted by Crippen LogP contribution is 2.07. The molecule has 1 rings (SSSR count). The first kappa shape index (κ1) is 10.7. The molecule has 0 aromatic heterocycles. The van der Waals surface area contributed by atoms with E-state index >= 15 is 0 Å². The van der Waals surface area contributed by atoms with Crippen molar-refractivity contribution in [3.05, 3.63) is 41.6 Å². The average Bonchev–Trinajstić information content (AvgIpc) is 2.02. The molecule has 0 bridgehead atoms. The van der Waals surface area contributed by atoms with Crippen molar-refractivity contribution in [2.75, 3.05) is 0 Å². The number of sulfone groups is 1. The summed E-state index contributed by atoms with van der Waals surface area (Å²) in [5.41, 5.74) is 5.97. The fourth-order valence-corrected chi connectivity index (χ4v) is 1.72. The molecule has 1 amide bonds. The van der Waals surface area contributed by atoms with E-state index in [0.717, 1.165) is 0 Å². The van der Waals surface area contributed by atoms with Crippen LogP contribution < -0.4 is 5.73 Å². The summed E-state index contributed by atoms with van der Waals surface area (Å²) in [6.07, 6.45) is 3.00. The molecule has 1 aromatic rings. The highest BCUT2D eigenvalue weighted by molar-refractivity contribution is 7.91. The predicted octanol–water partition coefficient (Wildman–Crippen LogP) is 0.492. The van der Waals surface area contributed by atoms with E-state index in [1.165, 1.54) is 12.1 Å². The van der Waals surface area contributed by atoms with E-state index in [4.69, 9.17) is 5.73 Å². The number of rotatable bonds is 3. The van der Waals surface area contributed by atoms with E-state index in [9.17, 15) is 13.2 Å². The highest BCUT2D eigenvalue weighted by Gasteiger charge is 2.05. The van der Waals surface area contributed by atoms with E-state index < -0.39 is 15.7 Å². The third-order valence-electron chi connectivity index (χ3n) is 1.63. The topological polar surface area (TPSA) is 77.2 Å². The van der Waals surface area contributed by atoms with Crippen LogP contribution in [0.15, 0.2) is 24.3 Å². The molecule has 0 aliphatic carbocycles. The van der Waals surface area contributed by atoms with Crippen molar-refractivity contribution in [1.29, 1.82) is 0 Å². The fraction of sp³-hybridized carbons (Fsp3) is 0.111. The van der Waals surface area contributed by atoms with E-state index in [1.54, 1.807) is 12.1 Å². The summed E-state index contributed by atoms with van der Waals surface area (Å²) < 4.78 is 21.6. The molecule has 4 nitrogen and oxygen atoms in total. The minimum Gasteiger partial charge on any atom is -0.366 e. The Balaban J connectivity index is 2.90. The average molecular weight is 212 g/mol. The Morgan fingerprint density at radius 1 is 1.29 bits per heavy atom. The van der Waals surface area contributed by atoms with Gasteiger partial charge >= 0.3 is 0 Å². The SMILES string of the molecule is [CH2]S(=O)(=O)Cc1ccc(C(N)=O)cc1. The zero-order chi connectivity index (χ0) is 10.8. The van der Waals surface area contributed by atoms with Gasteiger partial charge in [-0.2, -0.15) is 0 Å². The first-order chi connectivity index (χ1) is 6.38. The van der Waals surface area contributed by atoms with Crippen LogP contribution in [0.2, 0.25) is 0 Å². The smallest absolute Gasteiger partial charge is 0.248 e. The van der Waals surface area contributed by atoms with Crippen LogP contribution in [0.3, 0.4) is 0 Å².